The van der Waals surface area contributed by atoms with E-state index in [1.165, 1.54) is 5.46 Å². The first-order valence-electron chi connectivity index (χ1n) is 6.47. The molecule has 96 valence electrons. The van der Waals surface area contributed by atoms with Crippen LogP contribution in [0, 0.1) is 0 Å². The molecule has 0 aliphatic carbocycles. The van der Waals surface area contributed by atoms with Crippen LogP contribution >= 0.6 is 0 Å². The van der Waals surface area contributed by atoms with Crippen molar-refractivity contribution >= 4 is 30.1 Å². The van der Waals surface area contributed by atoms with E-state index in [0.717, 1.165) is 10.9 Å². The number of amides is 1. The van der Waals surface area contributed by atoms with Gasteiger partial charge < -0.3 is 9.64 Å². The van der Waals surface area contributed by atoms with E-state index in [-0.39, 0.29) is 5.91 Å². The van der Waals surface area contributed by atoms with Crippen molar-refractivity contribution < 1.29 is 9.53 Å². The van der Waals surface area contributed by atoms with Gasteiger partial charge >= 0.3 is 0 Å². The molecule has 0 bridgehead atoms. The molecule has 1 aliphatic heterocycles. The molecule has 1 aliphatic rings. The smallest absolute Gasteiger partial charge is 0.255 e. The third-order valence-electron chi connectivity index (χ3n) is 3.38. The van der Waals surface area contributed by atoms with Crippen molar-refractivity contribution in [1.29, 1.82) is 0 Å². The Morgan fingerprint density at radius 1 is 1.26 bits per heavy atom. The number of rotatable bonds is 1. The van der Waals surface area contributed by atoms with Crippen LogP contribution in [0.15, 0.2) is 30.5 Å². The summed E-state index contributed by atoms with van der Waals surface area (Å²) in [7, 11) is 2.04. The Labute approximate surface area is 112 Å². The van der Waals surface area contributed by atoms with Gasteiger partial charge in [-0.25, -0.2) is 0 Å². The predicted molar refractivity (Wildman–Crippen MR) is 76.6 cm³/mol. The van der Waals surface area contributed by atoms with E-state index in [4.69, 9.17) is 4.74 Å². The lowest BCUT2D eigenvalue weighted by molar-refractivity contribution is 0.0303. The first-order valence-corrected chi connectivity index (χ1v) is 6.47. The molecule has 2 heterocycles. The topological polar surface area (TPSA) is 42.4 Å². The number of carbonyl (C=O) groups excluding carboxylic acids is 1. The van der Waals surface area contributed by atoms with Crippen molar-refractivity contribution in [3.05, 3.63) is 36.0 Å². The van der Waals surface area contributed by atoms with Gasteiger partial charge in [0, 0.05) is 24.7 Å². The fourth-order valence-corrected chi connectivity index (χ4v) is 2.32. The van der Waals surface area contributed by atoms with Gasteiger partial charge in [0.05, 0.1) is 24.3 Å². The molecule has 0 atom stereocenters. The number of fused-ring (bicyclic) bond motifs is 1. The first kappa shape index (κ1) is 12.2. The van der Waals surface area contributed by atoms with Gasteiger partial charge in [0.25, 0.3) is 5.91 Å². The van der Waals surface area contributed by atoms with E-state index in [0.29, 0.717) is 31.9 Å². The van der Waals surface area contributed by atoms with Gasteiger partial charge in [-0.1, -0.05) is 17.6 Å². The van der Waals surface area contributed by atoms with Crippen molar-refractivity contribution in [1.82, 2.24) is 9.88 Å². The normalized spacial score (nSPS) is 15.7. The van der Waals surface area contributed by atoms with Crippen LogP contribution < -0.4 is 5.46 Å². The molecule has 3 rings (SSSR count). The quantitative estimate of drug-likeness (QED) is 0.671. The minimum atomic E-state index is 0.0409. The van der Waals surface area contributed by atoms with Crippen LogP contribution in [0.25, 0.3) is 10.9 Å². The lowest BCUT2D eigenvalue weighted by Gasteiger charge is -2.26. The molecule has 1 fully saturated rings. The lowest BCUT2D eigenvalue weighted by Crippen LogP contribution is -2.40. The molecule has 0 radical (unpaired) electrons. The van der Waals surface area contributed by atoms with Gasteiger partial charge in [-0.2, -0.15) is 0 Å². The Hall–Kier alpha value is -1.88. The lowest BCUT2D eigenvalue weighted by atomic mass is 9.94. The number of ether oxygens (including phenoxy) is 1. The molecule has 0 unspecified atom stereocenters. The zero-order valence-corrected chi connectivity index (χ0v) is 10.9. The maximum absolute atomic E-state index is 12.4. The van der Waals surface area contributed by atoms with Gasteiger partial charge in [-0.15, -0.1) is 0 Å². The van der Waals surface area contributed by atoms with Crippen LogP contribution in [0.1, 0.15) is 10.4 Å². The summed E-state index contributed by atoms with van der Waals surface area (Å²) in [6, 6.07) is 7.98. The minimum Gasteiger partial charge on any atom is -0.378 e. The van der Waals surface area contributed by atoms with Crippen LogP contribution in [0.5, 0.6) is 0 Å². The van der Waals surface area contributed by atoms with Crippen molar-refractivity contribution in [3.63, 3.8) is 0 Å². The number of hydrogen-bond acceptors (Lipinski definition) is 3. The fourth-order valence-electron chi connectivity index (χ4n) is 2.32. The highest BCUT2D eigenvalue weighted by molar-refractivity contribution is 6.33. The molecule has 1 aromatic heterocycles. The number of carbonyl (C=O) groups is 1. The third kappa shape index (κ3) is 2.47. The SMILES string of the molecule is Bc1ccc2ncc(C(=O)N3CCOCC3)cc2c1. The van der Waals surface area contributed by atoms with E-state index in [2.05, 4.69) is 11.1 Å². The van der Waals surface area contributed by atoms with E-state index in [1.807, 2.05) is 30.9 Å². The summed E-state index contributed by atoms with van der Waals surface area (Å²) in [6.45, 7) is 2.55. The van der Waals surface area contributed by atoms with E-state index in [1.54, 1.807) is 6.20 Å². The molecule has 0 spiro atoms. The largest absolute Gasteiger partial charge is 0.378 e. The van der Waals surface area contributed by atoms with Crippen molar-refractivity contribution in [2.45, 2.75) is 0 Å². The third-order valence-corrected chi connectivity index (χ3v) is 3.38. The van der Waals surface area contributed by atoms with Gasteiger partial charge in [-0.3, -0.25) is 9.78 Å². The summed E-state index contributed by atoms with van der Waals surface area (Å²) in [5.41, 5.74) is 2.74. The second-order valence-corrected chi connectivity index (χ2v) is 4.82. The summed E-state index contributed by atoms with van der Waals surface area (Å²) < 4.78 is 5.26. The number of aromatic nitrogens is 1. The molecule has 0 N–H and O–H groups in total. The molecule has 19 heavy (non-hydrogen) atoms. The van der Waals surface area contributed by atoms with Crippen LogP contribution in [0.3, 0.4) is 0 Å². The van der Waals surface area contributed by atoms with E-state index < -0.39 is 0 Å². The number of morpholine rings is 1. The predicted octanol–water partition coefficient (Wildman–Crippen LogP) is -0.0344. The molecule has 1 aromatic carbocycles. The first-order chi connectivity index (χ1) is 9.24. The number of pyridine rings is 1. The second kappa shape index (κ2) is 5.01. The van der Waals surface area contributed by atoms with Gasteiger partial charge in [0.1, 0.15) is 7.85 Å². The molecular weight excluding hydrogens is 239 g/mol. The molecule has 1 amide bonds. The maximum Gasteiger partial charge on any atom is 0.255 e. The number of benzene rings is 1. The Bertz CT molecular complexity index is 624. The van der Waals surface area contributed by atoms with Crippen LogP contribution in [-0.2, 0) is 4.74 Å². The molecular formula is C14H15BN2O2. The van der Waals surface area contributed by atoms with Crippen LogP contribution in [-0.4, -0.2) is 49.9 Å². The van der Waals surface area contributed by atoms with Gasteiger partial charge in [-0.05, 0) is 12.1 Å². The summed E-state index contributed by atoms with van der Waals surface area (Å²) >= 11 is 0. The molecule has 5 heteroatoms. The van der Waals surface area contributed by atoms with Crippen LogP contribution in [0.2, 0.25) is 0 Å². The zero-order valence-electron chi connectivity index (χ0n) is 10.9. The number of hydrogen-bond donors (Lipinski definition) is 0. The molecule has 0 saturated carbocycles. The Morgan fingerprint density at radius 3 is 2.84 bits per heavy atom. The van der Waals surface area contributed by atoms with E-state index >= 15 is 0 Å². The minimum absolute atomic E-state index is 0.0409. The van der Waals surface area contributed by atoms with Crippen molar-refractivity contribution in [2.24, 2.45) is 0 Å². The maximum atomic E-state index is 12.4. The highest BCUT2D eigenvalue weighted by atomic mass is 16.5. The Kier molecular flexibility index (Phi) is 3.21. The molecule has 4 nitrogen and oxygen atoms in total. The average molecular weight is 254 g/mol. The van der Waals surface area contributed by atoms with E-state index in [9.17, 15) is 4.79 Å². The molecule has 1 saturated heterocycles. The monoisotopic (exact) mass is 254 g/mol. The Morgan fingerprint density at radius 2 is 2.05 bits per heavy atom. The van der Waals surface area contributed by atoms with Gasteiger partial charge in [0.15, 0.2) is 0 Å². The Balaban J connectivity index is 1.93. The number of nitrogens with zero attached hydrogens (tertiary/aromatic N) is 2. The molecule has 2 aromatic rings. The summed E-state index contributed by atoms with van der Waals surface area (Å²) in [5, 5.41) is 1.01. The standard InChI is InChI=1S/C14H15BN2O2/c15-12-1-2-13-10(8-12)7-11(9-16-13)14(18)17-3-5-19-6-4-17/h1-2,7-9H,3-6,15H2. The van der Waals surface area contributed by atoms with Gasteiger partial charge in [0.2, 0.25) is 0 Å². The average Bonchev–Trinajstić information content (AvgIpc) is 2.46. The van der Waals surface area contributed by atoms with Crippen molar-refractivity contribution in [3.8, 4) is 0 Å². The van der Waals surface area contributed by atoms with Crippen LogP contribution in [0.4, 0.5) is 0 Å². The summed E-state index contributed by atoms with van der Waals surface area (Å²) in [4.78, 5) is 18.5. The van der Waals surface area contributed by atoms with Crippen molar-refractivity contribution in [2.75, 3.05) is 26.3 Å². The second-order valence-electron chi connectivity index (χ2n) is 4.82. The highest BCUT2D eigenvalue weighted by Crippen LogP contribution is 2.14. The fraction of sp³-hybridized carbons (Fsp3) is 0.286. The summed E-state index contributed by atoms with van der Waals surface area (Å²) in [5.74, 6) is 0.0409. The zero-order chi connectivity index (χ0) is 13.2. The summed E-state index contributed by atoms with van der Waals surface area (Å²) in [6.07, 6.45) is 1.66. The highest BCUT2D eigenvalue weighted by Gasteiger charge is 2.18.